The van der Waals surface area contributed by atoms with Crippen molar-refractivity contribution in [3.8, 4) is 17.2 Å². The lowest BCUT2D eigenvalue weighted by atomic mass is 10.2. The third-order valence-electron chi connectivity index (χ3n) is 4.16. The minimum absolute atomic E-state index is 0.270. The van der Waals surface area contributed by atoms with Gasteiger partial charge in [0.15, 0.2) is 11.5 Å². The number of hydrogen-bond donors (Lipinski definition) is 1. The fourth-order valence-electron chi connectivity index (χ4n) is 2.82. The van der Waals surface area contributed by atoms with Crippen LogP contribution in [0.3, 0.4) is 0 Å². The van der Waals surface area contributed by atoms with Crippen LogP contribution in [0.25, 0.3) is 0 Å². The van der Waals surface area contributed by atoms with Gasteiger partial charge in [0.25, 0.3) is 0 Å². The average molecular weight is 447 g/mol. The van der Waals surface area contributed by atoms with E-state index in [1.54, 1.807) is 0 Å². The largest absolute Gasteiger partial charge is 0.489 e. The lowest BCUT2D eigenvalue weighted by Gasteiger charge is -2.14. The molecule has 4 nitrogen and oxygen atoms in total. The zero-order valence-corrected chi connectivity index (χ0v) is 16.7. The molecule has 0 atom stereocenters. The van der Waals surface area contributed by atoms with E-state index in [1.807, 2.05) is 60.7 Å². The maximum atomic E-state index is 6.05. The van der Waals surface area contributed by atoms with Crippen molar-refractivity contribution in [2.75, 3.05) is 12.1 Å². The van der Waals surface area contributed by atoms with Gasteiger partial charge < -0.3 is 19.5 Å². The molecule has 0 radical (unpaired) electrons. The number of ether oxygens (including phenoxy) is 3. The molecule has 0 fully saturated rings. The van der Waals surface area contributed by atoms with Crippen molar-refractivity contribution in [1.82, 2.24) is 0 Å². The van der Waals surface area contributed by atoms with E-state index in [4.69, 9.17) is 25.8 Å². The summed E-state index contributed by atoms with van der Waals surface area (Å²) in [5.74, 6) is 2.35. The van der Waals surface area contributed by atoms with Gasteiger partial charge in [-0.3, -0.25) is 0 Å². The monoisotopic (exact) mass is 445 g/mol. The molecule has 4 rings (SSSR count). The lowest BCUT2D eigenvalue weighted by molar-refractivity contribution is 0.174. The maximum Gasteiger partial charge on any atom is 0.231 e. The number of anilines is 1. The van der Waals surface area contributed by atoms with Crippen molar-refractivity contribution in [2.24, 2.45) is 0 Å². The molecule has 1 aliphatic heterocycles. The predicted molar refractivity (Wildman–Crippen MR) is 110 cm³/mol. The molecular weight excluding hydrogens is 430 g/mol. The standard InChI is InChI=1S/C21H17BrClNO3/c22-16-4-6-19(25-12-14-2-1-3-17(23)8-14)15(9-16)11-24-18-5-7-20-21(10-18)27-13-26-20/h1-10,24H,11-13H2. The third kappa shape index (κ3) is 4.49. The lowest BCUT2D eigenvalue weighted by Crippen LogP contribution is -2.04. The highest BCUT2D eigenvalue weighted by atomic mass is 79.9. The van der Waals surface area contributed by atoms with E-state index in [-0.39, 0.29) is 6.79 Å². The topological polar surface area (TPSA) is 39.7 Å². The molecule has 27 heavy (non-hydrogen) atoms. The Morgan fingerprint density at radius 2 is 1.89 bits per heavy atom. The van der Waals surface area contributed by atoms with Crippen molar-refractivity contribution in [1.29, 1.82) is 0 Å². The van der Waals surface area contributed by atoms with Crippen molar-refractivity contribution in [2.45, 2.75) is 13.2 Å². The summed E-state index contributed by atoms with van der Waals surface area (Å²) in [5, 5.41) is 4.11. The van der Waals surface area contributed by atoms with Crippen LogP contribution in [-0.2, 0) is 13.2 Å². The van der Waals surface area contributed by atoms with Crippen LogP contribution in [0.15, 0.2) is 65.1 Å². The molecule has 0 aliphatic carbocycles. The minimum atomic E-state index is 0.270. The summed E-state index contributed by atoms with van der Waals surface area (Å²) in [5.41, 5.74) is 3.03. The molecular formula is C21H17BrClNO3. The Balaban J connectivity index is 1.46. The maximum absolute atomic E-state index is 6.05. The van der Waals surface area contributed by atoms with Crippen LogP contribution in [-0.4, -0.2) is 6.79 Å². The SMILES string of the molecule is Clc1cccc(COc2ccc(Br)cc2CNc2ccc3c(c2)OCO3)c1. The summed E-state index contributed by atoms with van der Waals surface area (Å²) in [6.07, 6.45) is 0. The third-order valence-corrected chi connectivity index (χ3v) is 4.89. The predicted octanol–water partition coefficient (Wildman–Crippen LogP) is 6.02. The zero-order valence-electron chi connectivity index (χ0n) is 14.4. The van der Waals surface area contributed by atoms with Gasteiger partial charge in [-0.05, 0) is 48.0 Å². The highest BCUT2D eigenvalue weighted by Gasteiger charge is 2.13. The van der Waals surface area contributed by atoms with Crippen LogP contribution in [0, 0.1) is 0 Å². The van der Waals surface area contributed by atoms with Crippen molar-refractivity contribution < 1.29 is 14.2 Å². The first-order valence-corrected chi connectivity index (χ1v) is 9.64. The van der Waals surface area contributed by atoms with E-state index >= 15 is 0 Å². The Morgan fingerprint density at radius 3 is 2.78 bits per heavy atom. The highest BCUT2D eigenvalue weighted by molar-refractivity contribution is 9.10. The van der Waals surface area contributed by atoms with E-state index in [0.717, 1.165) is 38.5 Å². The Labute approximate surface area is 171 Å². The highest BCUT2D eigenvalue weighted by Crippen LogP contribution is 2.34. The van der Waals surface area contributed by atoms with Crippen molar-refractivity contribution in [3.05, 3.63) is 81.3 Å². The van der Waals surface area contributed by atoms with Gasteiger partial charge in [-0.1, -0.05) is 39.7 Å². The van der Waals surface area contributed by atoms with E-state index in [1.165, 1.54) is 0 Å². The zero-order chi connectivity index (χ0) is 18.6. The summed E-state index contributed by atoms with van der Waals surface area (Å²) in [6, 6.07) is 19.5. The van der Waals surface area contributed by atoms with Gasteiger partial charge in [0.1, 0.15) is 12.4 Å². The smallest absolute Gasteiger partial charge is 0.231 e. The molecule has 1 aliphatic rings. The molecule has 0 aromatic heterocycles. The van der Waals surface area contributed by atoms with E-state index in [2.05, 4.69) is 21.2 Å². The fraction of sp³-hybridized carbons (Fsp3) is 0.143. The second kappa shape index (κ2) is 8.11. The second-order valence-electron chi connectivity index (χ2n) is 6.09. The molecule has 0 bridgehead atoms. The molecule has 3 aromatic rings. The Kier molecular flexibility index (Phi) is 5.41. The van der Waals surface area contributed by atoms with Crippen LogP contribution in [0.1, 0.15) is 11.1 Å². The number of fused-ring (bicyclic) bond motifs is 1. The van der Waals surface area contributed by atoms with Gasteiger partial charge in [-0.2, -0.15) is 0 Å². The second-order valence-corrected chi connectivity index (χ2v) is 7.44. The minimum Gasteiger partial charge on any atom is -0.489 e. The molecule has 0 saturated heterocycles. The van der Waals surface area contributed by atoms with Gasteiger partial charge in [0, 0.05) is 33.4 Å². The summed E-state index contributed by atoms with van der Waals surface area (Å²) < 4.78 is 17.8. The van der Waals surface area contributed by atoms with Gasteiger partial charge >= 0.3 is 0 Å². The summed E-state index contributed by atoms with van der Waals surface area (Å²) in [7, 11) is 0. The van der Waals surface area contributed by atoms with Crippen LogP contribution in [0.2, 0.25) is 5.02 Å². The molecule has 0 spiro atoms. The number of hydrogen-bond acceptors (Lipinski definition) is 4. The molecule has 6 heteroatoms. The Morgan fingerprint density at radius 1 is 1.00 bits per heavy atom. The number of benzene rings is 3. The van der Waals surface area contributed by atoms with Crippen molar-refractivity contribution >= 4 is 33.2 Å². The van der Waals surface area contributed by atoms with E-state index < -0.39 is 0 Å². The molecule has 0 saturated carbocycles. The summed E-state index contributed by atoms with van der Waals surface area (Å²) in [6.45, 7) is 1.34. The Bertz CT molecular complexity index is 964. The van der Waals surface area contributed by atoms with E-state index in [0.29, 0.717) is 18.2 Å². The Hall–Kier alpha value is -2.37. The number of nitrogens with one attached hydrogen (secondary N) is 1. The molecule has 1 N–H and O–H groups in total. The van der Waals surface area contributed by atoms with Crippen LogP contribution in [0.5, 0.6) is 17.2 Å². The van der Waals surface area contributed by atoms with Gasteiger partial charge in [0.05, 0.1) is 0 Å². The van der Waals surface area contributed by atoms with Gasteiger partial charge in [-0.15, -0.1) is 0 Å². The first kappa shape index (κ1) is 18.0. The molecule has 0 unspecified atom stereocenters. The van der Waals surface area contributed by atoms with Crippen molar-refractivity contribution in [3.63, 3.8) is 0 Å². The molecule has 138 valence electrons. The quantitative estimate of drug-likeness (QED) is 0.502. The van der Waals surface area contributed by atoms with E-state index in [9.17, 15) is 0 Å². The molecule has 0 amide bonds. The van der Waals surface area contributed by atoms with Gasteiger partial charge in [-0.25, -0.2) is 0 Å². The first-order valence-electron chi connectivity index (χ1n) is 8.46. The fourth-order valence-corrected chi connectivity index (χ4v) is 3.44. The normalized spacial score (nSPS) is 12.1. The average Bonchev–Trinajstić information content (AvgIpc) is 3.13. The summed E-state index contributed by atoms with van der Waals surface area (Å²) in [4.78, 5) is 0. The van der Waals surface area contributed by atoms with Crippen LogP contribution in [0.4, 0.5) is 5.69 Å². The molecule has 1 heterocycles. The summed E-state index contributed by atoms with van der Waals surface area (Å²) >= 11 is 9.58. The van der Waals surface area contributed by atoms with Gasteiger partial charge in [0.2, 0.25) is 6.79 Å². The van der Waals surface area contributed by atoms with Crippen LogP contribution >= 0.6 is 27.5 Å². The number of rotatable bonds is 6. The molecule has 3 aromatic carbocycles. The first-order chi connectivity index (χ1) is 13.2. The number of halogens is 2. The van der Waals surface area contributed by atoms with Crippen LogP contribution < -0.4 is 19.5 Å².